The molecule has 34 heavy (non-hydrogen) atoms. The molecule has 0 atom stereocenters. The van der Waals surface area contributed by atoms with Gasteiger partial charge in [0.1, 0.15) is 11.6 Å². The number of nitrogens with one attached hydrogen (secondary N) is 3. The molecule has 0 aliphatic carbocycles. The first-order valence-corrected chi connectivity index (χ1v) is 10.8. The third-order valence-corrected chi connectivity index (χ3v) is 5.30. The molecule has 3 aromatic rings. The molecular weight excluding hydrogens is 436 g/mol. The lowest BCUT2D eigenvalue weighted by molar-refractivity contribution is -0.111. The maximum Gasteiger partial charge on any atom is 0.418 e. The van der Waals surface area contributed by atoms with Crippen LogP contribution in [0, 0.1) is 0 Å². The van der Waals surface area contributed by atoms with Crippen LogP contribution in [0.15, 0.2) is 61.6 Å². The summed E-state index contributed by atoms with van der Waals surface area (Å²) in [6.45, 7) is 5.50. The summed E-state index contributed by atoms with van der Waals surface area (Å²) in [6, 6.07) is 8.37. The van der Waals surface area contributed by atoms with Gasteiger partial charge < -0.3 is 20.3 Å². The SMILES string of the molecule is C=CC(=O)Nc1cccc(OC(=O)Nc2ccnc(Nc3cnn(C4CCN(C)CC4)c3)n2)c1. The van der Waals surface area contributed by atoms with Crippen LogP contribution in [-0.2, 0) is 4.79 Å². The summed E-state index contributed by atoms with van der Waals surface area (Å²) in [7, 11) is 2.13. The van der Waals surface area contributed by atoms with Crippen molar-refractivity contribution < 1.29 is 14.3 Å². The Labute approximate surface area is 196 Å². The first-order chi connectivity index (χ1) is 16.5. The molecule has 11 heteroatoms. The number of rotatable bonds is 7. The van der Waals surface area contributed by atoms with Crippen molar-refractivity contribution in [2.24, 2.45) is 0 Å². The van der Waals surface area contributed by atoms with Gasteiger partial charge in [-0.05, 0) is 57.3 Å². The van der Waals surface area contributed by atoms with Crippen LogP contribution >= 0.6 is 0 Å². The van der Waals surface area contributed by atoms with Crippen molar-refractivity contribution in [3.05, 3.63) is 61.6 Å². The zero-order valence-electron chi connectivity index (χ0n) is 18.8. The van der Waals surface area contributed by atoms with E-state index in [0.29, 0.717) is 17.7 Å². The average molecular weight is 463 g/mol. The second-order valence-corrected chi connectivity index (χ2v) is 7.87. The van der Waals surface area contributed by atoms with E-state index in [0.717, 1.165) is 37.7 Å². The molecule has 1 aromatic carbocycles. The molecule has 1 fully saturated rings. The van der Waals surface area contributed by atoms with Crippen molar-refractivity contribution in [3.8, 4) is 5.75 Å². The molecule has 0 radical (unpaired) electrons. The van der Waals surface area contributed by atoms with Crippen LogP contribution in [0.5, 0.6) is 5.75 Å². The molecule has 11 nitrogen and oxygen atoms in total. The predicted octanol–water partition coefficient (Wildman–Crippen LogP) is 3.42. The Morgan fingerprint density at radius 1 is 1.18 bits per heavy atom. The molecule has 0 spiro atoms. The third kappa shape index (κ3) is 6.17. The highest BCUT2D eigenvalue weighted by atomic mass is 16.6. The number of ether oxygens (including phenoxy) is 1. The van der Waals surface area contributed by atoms with Gasteiger partial charge in [-0.15, -0.1) is 0 Å². The van der Waals surface area contributed by atoms with Crippen molar-refractivity contribution in [3.63, 3.8) is 0 Å². The predicted molar refractivity (Wildman–Crippen MR) is 128 cm³/mol. The molecule has 1 aliphatic rings. The van der Waals surface area contributed by atoms with E-state index in [4.69, 9.17) is 4.74 Å². The van der Waals surface area contributed by atoms with Crippen molar-refractivity contribution in [2.75, 3.05) is 36.1 Å². The third-order valence-electron chi connectivity index (χ3n) is 5.30. The van der Waals surface area contributed by atoms with Crippen LogP contribution in [0.1, 0.15) is 18.9 Å². The second-order valence-electron chi connectivity index (χ2n) is 7.87. The van der Waals surface area contributed by atoms with Gasteiger partial charge in [0, 0.05) is 24.1 Å². The molecule has 2 amide bonds. The maximum atomic E-state index is 12.3. The van der Waals surface area contributed by atoms with Gasteiger partial charge in [-0.25, -0.2) is 9.78 Å². The quantitative estimate of drug-likeness (QED) is 0.456. The minimum Gasteiger partial charge on any atom is -0.410 e. The van der Waals surface area contributed by atoms with Gasteiger partial charge in [0.05, 0.1) is 17.9 Å². The fraction of sp³-hybridized carbons (Fsp3) is 0.261. The smallest absolute Gasteiger partial charge is 0.410 e. The summed E-state index contributed by atoms with van der Waals surface area (Å²) in [4.78, 5) is 34.6. The highest BCUT2D eigenvalue weighted by molar-refractivity contribution is 5.99. The Hall–Kier alpha value is -4.25. The first kappa shape index (κ1) is 22.9. The summed E-state index contributed by atoms with van der Waals surface area (Å²) in [6.07, 6.45) is 7.73. The van der Waals surface area contributed by atoms with Crippen LogP contribution in [0.4, 0.5) is 27.9 Å². The van der Waals surface area contributed by atoms with E-state index in [2.05, 4.69) is 49.5 Å². The molecule has 176 valence electrons. The van der Waals surface area contributed by atoms with E-state index in [1.807, 2.05) is 10.9 Å². The van der Waals surface area contributed by atoms with E-state index in [1.165, 1.54) is 12.3 Å². The highest BCUT2D eigenvalue weighted by Gasteiger charge is 2.19. The zero-order chi connectivity index (χ0) is 23.9. The van der Waals surface area contributed by atoms with Crippen molar-refractivity contribution >= 4 is 35.1 Å². The summed E-state index contributed by atoms with van der Waals surface area (Å²) in [5, 5.41) is 12.7. The van der Waals surface area contributed by atoms with Gasteiger partial charge in [-0.2, -0.15) is 10.1 Å². The average Bonchev–Trinajstić information content (AvgIpc) is 3.28. The number of aromatic nitrogens is 4. The number of anilines is 4. The number of hydrogen-bond acceptors (Lipinski definition) is 8. The fourth-order valence-corrected chi connectivity index (χ4v) is 3.55. The molecule has 2 aromatic heterocycles. The molecule has 3 N–H and O–H groups in total. The molecule has 1 aliphatic heterocycles. The monoisotopic (exact) mass is 462 g/mol. The summed E-state index contributed by atoms with van der Waals surface area (Å²) >= 11 is 0. The number of likely N-dealkylation sites (tertiary alicyclic amines) is 1. The fourth-order valence-electron chi connectivity index (χ4n) is 3.55. The standard InChI is InChI=1S/C23H26N8O3/c1-3-21(32)26-16-5-4-6-19(13-16)34-23(33)29-20-7-10-24-22(28-20)27-17-14-25-31(15-17)18-8-11-30(2)12-9-18/h3-7,10,13-15,18H,1,8-9,11-12H2,2H3,(H,26,32)(H2,24,27,28,29,33). The summed E-state index contributed by atoms with van der Waals surface area (Å²) in [5.74, 6) is 0.476. The minimum atomic E-state index is -0.730. The lowest BCUT2D eigenvalue weighted by Gasteiger charge is -2.28. The maximum absolute atomic E-state index is 12.3. The van der Waals surface area contributed by atoms with E-state index >= 15 is 0 Å². The van der Waals surface area contributed by atoms with E-state index in [1.54, 1.807) is 30.5 Å². The number of hydrogen-bond donors (Lipinski definition) is 3. The Kier molecular flexibility index (Phi) is 7.13. The van der Waals surface area contributed by atoms with Crippen molar-refractivity contribution in [2.45, 2.75) is 18.9 Å². The molecule has 0 bridgehead atoms. The number of piperidine rings is 1. The van der Waals surface area contributed by atoms with Crippen LogP contribution in [0.25, 0.3) is 0 Å². The van der Waals surface area contributed by atoms with Gasteiger partial charge in [0.15, 0.2) is 0 Å². The summed E-state index contributed by atoms with van der Waals surface area (Å²) < 4.78 is 7.26. The topological polar surface area (TPSA) is 126 Å². The van der Waals surface area contributed by atoms with Gasteiger partial charge in [-0.3, -0.25) is 14.8 Å². The minimum absolute atomic E-state index is 0.257. The molecule has 0 saturated carbocycles. The van der Waals surface area contributed by atoms with Crippen LogP contribution < -0.4 is 20.7 Å². The Morgan fingerprint density at radius 2 is 2.00 bits per heavy atom. The normalized spacial score (nSPS) is 14.3. The lowest BCUT2D eigenvalue weighted by atomic mass is 10.1. The zero-order valence-corrected chi connectivity index (χ0v) is 18.8. The molecule has 3 heterocycles. The number of benzene rings is 1. The molecule has 4 rings (SSSR count). The van der Waals surface area contributed by atoms with Crippen LogP contribution in [0.2, 0.25) is 0 Å². The number of nitrogens with zero attached hydrogens (tertiary/aromatic N) is 5. The highest BCUT2D eigenvalue weighted by Crippen LogP contribution is 2.23. The first-order valence-electron chi connectivity index (χ1n) is 10.8. The van der Waals surface area contributed by atoms with E-state index < -0.39 is 6.09 Å². The van der Waals surface area contributed by atoms with Crippen LogP contribution in [-0.4, -0.2) is 56.8 Å². The Morgan fingerprint density at radius 3 is 2.79 bits per heavy atom. The van der Waals surface area contributed by atoms with Gasteiger partial charge >= 0.3 is 6.09 Å². The van der Waals surface area contributed by atoms with Gasteiger partial charge in [-0.1, -0.05) is 12.6 Å². The second kappa shape index (κ2) is 10.6. The van der Waals surface area contributed by atoms with Gasteiger partial charge in [0.25, 0.3) is 0 Å². The largest absolute Gasteiger partial charge is 0.418 e. The van der Waals surface area contributed by atoms with Crippen molar-refractivity contribution in [1.29, 1.82) is 0 Å². The van der Waals surface area contributed by atoms with Gasteiger partial charge in [0.2, 0.25) is 11.9 Å². The Bertz CT molecular complexity index is 1170. The molecule has 0 unspecified atom stereocenters. The van der Waals surface area contributed by atoms with Crippen molar-refractivity contribution in [1.82, 2.24) is 24.6 Å². The number of carbonyl (C=O) groups excluding carboxylic acids is 2. The number of carbonyl (C=O) groups is 2. The molecular formula is C23H26N8O3. The molecule has 1 saturated heterocycles. The summed E-state index contributed by atoms with van der Waals surface area (Å²) in [5.41, 5.74) is 1.24. The lowest BCUT2D eigenvalue weighted by Crippen LogP contribution is -2.31. The van der Waals surface area contributed by atoms with E-state index in [-0.39, 0.29) is 17.5 Å². The number of amides is 2. The van der Waals surface area contributed by atoms with E-state index in [9.17, 15) is 9.59 Å². The Balaban J connectivity index is 1.34. The van der Waals surface area contributed by atoms with Crippen LogP contribution in [0.3, 0.4) is 0 Å².